The Kier molecular flexibility index (Phi) is 10.3. The molecule has 3 aromatic carbocycles. The number of para-hydroxylation sites is 1. The molecular formula is C34H36FN7O4. The van der Waals surface area contributed by atoms with E-state index >= 15 is 0 Å². The zero-order chi connectivity index (χ0) is 32.6. The van der Waals surface area contributed by atoms with Crippen molar-refractivity contribution in [1.82, 2.24) is 25.2 Å². The highest BCUT2D eigenvalue weighted by molar-refractivity contribution is 6.12. The summed E-state index contributed by atoms with van der Waals surface area (Å²) < 4.78 is 16.1. The first kappa shape index (κ1) is 32.2. The molecule has 0 spiro atoms. The van der Waals surface area contributed by atoms with E-state index in [1.807, 2.05) is 79.1 Å². The molecular weight excluding hydrogens is 589 g/mol. The van der Waals surface area contributed by atoms with Gasteiger partial charge in [-0.3, -0.25) is 14.9 Å². The molecule has 0 aliphatic carbocycles. The van der Waals surface area contributed by atoms with Crippen LogP contribution < -0.4 is 10.6 Å². The number of carbonyl (C=O) groups excluding carboxylic acids is 2. The average molecular weight is 626 g/mol. The number of aromatic nitrogens is 5. The van der Waals surface area contributed by atoms with E-state index in [2.05, 4.69) is 31.3 Å². The van der Waals surface area contributed by atoms with Crippen LogP contribution in [0, 0.1) is 5.82 Å². The van der Waals surface area contributed by atoms with Gasteiger partial charge < -0.3 is 20.1 Å². The number of H-pyrrole nitrogens is 1. The van der Waals surface area contributed by atoms with Gasteiger partial charge in [0.25, 0.3) is 11.9 Å². The third-order valence-electron chi connectivity index (χ3n) is 7.54. The van der Waals surface area contributed by atoms with Crippen LogP contribution in [0.25, 0.3) is 22.4 Å². The minimum Gasteiger partial charge on any atom is -0.393 e. The molecule has 0 unspecified atom stereocenters. The van der Waals surface area contributed by atoms with Crippen LogP contribution in [0.5, 0.6) is 0 Å². The Morgan fingerprint density at radius 2 is 1.57 bits per heavy atom. The number of tetrazole rings is 1. The molecule has 2 heterocycles. The number of carbonyl (C=O) groups is 2. The van der Waals surface area contributed by atoms with Crippen molar-refractivity contribution in [2.24, 2.45) is 0 Å². The second-order valence-corrected chi connectivity index (χ2v) is 11.3. The number of nitrogens with one attached hydrogen (secondary N) is 3. The molecule has 5 rings (SSSR count). The number of rotatable bonds is 13. The minimum atomic E-state index is -1.13. The van der Waals surface area contributed by atoms with Crippen molar-refractivity contribution < 1.29 is 24.2 Å². The van der Waals surface area contributed by atoms with Crippen molar-refractivity contribution in [1.29, 1.82) is 0 Å². The standard InChI is InChI=1S/C34H36FN7O4/c1-21(2)31-30(33(46)36-25-11-7-4-8-12-25)29(22-9-5-3-6-10-22)32(23-13-15-24(35)16-14-23)42(31)18-17-26(43)19-27(44)20-28(45)37-34-38-40-41-39-34/h3-16,21,26-27,43-44H,17-20H2,1-2H3,(H,36,46)(H2,37,38,39,40,41,45)/t26-,27-/m1/s1. The predicted octanol–water partition coefficient (Wildman–Crippen LogP) is 5.38. The van der Waals surface area contributed by atoms with Gasteiger partial charge in [-0.2, -0.15) is 5.21 Å². The van der Waals surface area contributed by atoms with Gasteiger partial charge in [0, 0.05) is 23.5 Å². The summed E-state index contributed by atoms with van der Waals surface area (Å²) in [5, 5.41) is 39.9. The Bertz CT molecular complexity index is 1740. The van der Waals surface area contributed by atoms with Crippen molar-refractivity contribution in [3.63, 3.8) is 0 Å². The predicted molar refractivity (Wildman–Crippen MR) is 172 cm³/mol. The van der Waals surface area contributed by atoms with Crippen LogP contribution in [-0.2, 0) is 11.3 Å². The van der Waals surface area contributed by atoms with E-state index < -0.39 is 18.1 Å². The summed E-state index contributed by atoms with van der Waals surface area (Å²) in [4.78, 5) is 26.4. The summed E-state index contributed by atoms with van der Waals surface area (Å²) in [5.74, 6) is -1.33. The molecule has 11 nitrogen and oxygen atoms in total. The Morgan fingerprint density at radius 3 is 2.20 bits per heavy atom. The lowest BCUT2D eigenvalue weighted by atomic mass is 9.94. The lowest BCUT2D eigenvalue weighted by molar-refractivity contribution is -0.118. The van der Waals surface area contributed by atoms with Crippen LogP contribution in [0.3, 0.4) is 0 Å². The molecule has 0 aliphatic rings. The summed E-state index contributed by atoms with van der Waals surface area (Å²) in [6, 6.07) is 24.9. The molecule has 5 N–H and O–H groups in total. The molecule has 0 saturated heterocycles. The number of amides is 2. The maximum absolute atomic E-state index is 14.2. The number of nitrogens with zero attached hydrogens (tertiary/aromatic N) is 4. The first-order valence-corrected chi connectivity index (χ1v) is 15.0. The number of aliphatic hydroxyl groups excluding tert-OH is 2. The van der Waals surface area contributed by atoms with Gasteiger partial charge in [-0.15, -0.1) is 5.10 Å². The molecule has 0 fully saturated rings. The van der Waals surface area contributed by atoms with Crippen LogP contribution in [0.2, 0.25) is 0 Å². The fraction of sp³-hybridized carbons (Fsp3) is 0.265. The number of halogens is 1. The fourth-order valence-corrected chi connectivity index (χ4v) is 5.61. The first-order chi connectivity index (χ1) is 22.2. The van der Waals surface area contributed by atoms with Crippen molar-refractivity contribution in [2.45, 2.75) is 57.8 Å². The van der Waals surface area contributed by atoms with E-state index in [9.17, 15) is 24.2 Å². The lowest BCUT2D eigenvalue weighted by Crippen LogP contribution is -2.25. The van der Waals surface area contributed by atoms with Gasteiger partial charge >= 0.3 is 0 Å². The Morgan fingerprint density at radius 1 is 0.891 bits per heavy atom. The van der Waals surface area contributed by atoms with Gasteiger partial charge in [-0.25, -0.2) is 4.39 Å². The van der Waals surface area contributed by atoms with Gasteiger partial charge in [0.2, 0.25) is 5.91 Å². The number of hydrogen-bond acceptors (Lipinski definition) is 7. The molecule has 5 aromatic rings. The van der Waals surface area contributed by atoms with Crippen LogP contribution in [0.15, 0.2) is 84.9 Å². The number of aromatic amines is 1. The monoisotopic (exact) mass is 625 g/mol. The number of benzene rings is 3. The average Bonchev–Trinajstić information content (AvgIpc) is 3.67. The van der Waals surface area contributed by atoms with Gasteiger partial charge in [-0.1, -0.05) is 67.5 Å². The molecule has 46 heavy (non-hydrogen) atoms. The summed E-state index contributed by atoms with van der Waals surface area (Å²) in [5.41, 5.74) is 4.79. The highest BCUT2D eigenvalue weighted by atomic mass is 19.1. The van der Waals surface area contributed by atoms with Crippen LogP contribution in [-0.4, -0.2) is 59.4 Å². The van der Waals surface area contributed by atoms with E-state index in [-0.39, 0.29) is 49.4 Å². The SMILES string of the molecule is CC(C)c1c(C(=O)Nc2ccccc2)c(-c2ccccc2)c(-c2ccc(F)cc2)n1CC[C@@H](O)C[C@@H](O)CC(=O)Nc1nn[nH]n1. The van der Waals surface area contributed by atoms with Crippen LogP contribution in [0.4, 0.5) is 16.0 Å². The molecule has 0 bridgehead atoms. The van der Waals surface area contributed by atoms with Crippen molar-refractivity contribution in [2.75, 3.05) is 10.6 Å². The van der Waals surface area contributed by atoms with E-state index in [1.54, 1.807) is 12.1 Å². The van der Waals surface area contributed by atoms with E-state index in [0.29, 0.717) is 28.1 Å². The van der Waals surface area contributed by atoms with Gasteiger partial charge in [-0.05, 0) is 71.5 Å². The summed E-state index contributed by atoms with van der Waals surface area (Å²) in [6.07, 6.45) is -2.22. The molecule has 2 amide bonds. The smallest absolute Gasteiger partial charge is 0.269 e. The Hall–Kier alpha value is -5.20. The molecule has 0 aliphatic heterocycles. The zero-order valence-electron chi connectivity index (χ0n) is 25.5. The van der Waals surface area contributed by atoms with Gasteiger partial charge in [0.1, 0.15) is 5.82 Å². The van der Waals surface area contributed by atoms with E-state index in [1.165, 1.54) is 12.1 Å². The normalized spacial score (nSPS) is 12.6. The number of anilines is 2. The quantitative estimate of drug-likeness (QED) is 0.118. The van der Waals surface area contributed by atoms with Crippen LogP contribution in [0.1, 0.15) is 55.1 Å². The minimum absolute atomic E-state index is 0.0128. The second-order valence-electron chi connectivity index (χ2n) is 11.3. The van der Waals surface area contributed by atoms with Gasteiger partial charge in [0.05, 0.1) is 29.9 Å². The van der Waals surface area contributed by atoms with Crippen molar-refractivity contribution in [3.05, 3.63) is 102 Å². The highest BCUT2D eigenvalue weighted by Crippen LogP contribution is 2.42. The third kappa shape index (κ3) is 7.71. The number of hydrogen-bond donors (Lipinski definition) is 5. The van der Waals surface area contributed by atoms with Gasteiger partial charge in [0.15, 0.2) is 0 Å². The zero-order valence-corrected chi connectivity index (χ0v) is 25.5. The molecule has 12 heteroatoms. The molecule has 238 valence electrons. The molecule has 2 atom stereocenters. The summed E-state index contributed by atoms with van der Waals surface area (Å²) >= 11 is 0. The maximum atomic E-state index is 14.2. The van der Waals surface area contributed by atoms with E-state index in [4.69, 9.17) is 0 Å². The first-order valence-electron chi connectivity index (χ1n) is 15.0. The highest BCUT2D eigenvalue weighted by Gasteiger charge is 2.31. The van der Waals surface area contributed by atoms with E-state index in [0.717, 1.165) is 11.3 Å². The van der Waals surface area contributed by atoms with Crippen molar-refractivity contribution in [3.8, 4) is 22.4 Å². The second kappa shape index (κ2) is 14.7. The van der Waals surface area contributed by atoms with Crippen molar-refractivity contribution >= 4 is 23.5 Å². The lowest BCUT2D eigenvalue weighted by Gasteiger charge is -2.20. The van der Waals surface area contributed by atoms with Crippen LogP contribution >= 0.6 is 0 Å². The fourth-order valence-electron chi connectivity index (χ4n) is 5.61. The Balaban J connectivity index is 1.51. The third-order valence-corrected chi connectivity index (χ3v) is 7.54. The Labute approximate surface area is 265 Å². The topological polar surface area (TPSA) is 158 Å². The molecule has 0 saturated carbocycles. The summed E-state index contributed by atoms with van der Waals surface area (Å²) in [6.45, 7) is 4.27. The molecule has 0 radical (unpaired) electrons. The number of aliphatic hydroxyl groups is 2. The largest absolute Gasteiger partial charge is 0.393 e. The molecule has 2 aromatic heterocycles. The summed E-state index contributed by atoms with van der Waals surface area (Å²) in [7, 11) is 0. The maximum Gasteiger partial charge on any atom is 0.269 e.